The third kappa shape index (κ3) is 6.50. The minimum Gasteiger partial charge on any atom is -0.120 e. The normalized spacial score (nSPS) is 11.7. The average molecular weight is 300 g/mol. The van der Waals surface area contributed by atoms with Gasteiger partial charge in [0.25, 0.3) is 0 Å². The molecule has 0 radical (unpaired) electrons. The standard InChI is InChI=1S/C22H29.Li/c1-21(2,3)17-22(4,5)16-20(18-12-8-6-9-13-18)19-14-10-7-11-15-19;/h6-15H,16-17H2,1-5H3;/q-1;+1. The molecule has 1 heteroatoms. The van der Waals surface area contributed by atoms with E-state index in [2.05, 4.69) is 95.3 Å². The third-order valence-corrected chi connectivity index (χ3v) is 3.91. The summed E-state index contributed by atoms with van der Waals surface area (Å²) in [5.74, 6) is 1.45. The van der Waals surface area contributed by atoms with Crippen LogP contribution >= 0.6 is 0 Å². The summed E-state index contributed by atoms with van der Waals surface area (Å²) in [7, 11) is 0. The second-order valence-electron chi connectivity index (χ2n) is 8.29. The summed E-state index contributed by atoms with van der Waals surface area (Å²) in [5, 5.41) is 0. The van der Waals surface area contributed by atoms with Crippen LogP contribution in [0.4, 0.5) is 0 Å². The van der Waals surface area contributed by atoms with Crippen molar-refractivity contribution in [2.75, 3.05) is 0 Å². The second-order valence-corrected chi connectivity index (χ2v) is 8.29. The van der Waals surface area contributed by atoms with Gasteiger partial charge in [0.05, 0.1) is 0 Å². The van der Waals surface area contributed by atoms with Gasteiger partial charge < -0.3 is 0 Å². The minimum atomic E-state index is 0. The molecular formula is C22H29Li. The van der Waals surface area contributed by atoms with Gasteiger partial charge in [0.1, 0.15) is 0 Å². The van der Waals surface area contributed by atoms with Crippen molar-refractivity contribution >= 4 is 0 Å². The van der Waals surface area contributed by atoms with Crippen LogP contribution in [-0.2, 0) is 0 Å². The zero-order valence-corrected chi connectivity index (χ0v) is 15.7. The summed E-state index contributed by atoms with van der Waals surface area (Å²) in [4.78, 5) is 0. The van der Waals surface area contributed by atoms with Crippen molar-refractivity contribution in [2.45, 2.75) is 47.5 Å². The summed E-state index contributed by atoms with van der Waals surface area (Å²) in [6, 6.07) is 21.6. The van der Waals surface area contributed by atoms with E-state index in [0.29, 0.717) is 5.41 Å². The maximum Gasteiger partial charge on any atom is 1.00 e. The van der Waals surface area contributed by atoms with Crippen LogP contribution in [0.15, 0.2) is 60.7 Å². The van der Waals surface area contributed by atoms with E-state index in [4.69, 9.17) is 0 Å². The molecule has 0 atom stereocenters. The zero-order chi connectivity index (χ0) is 16.2. The molecule has 0 aromatic heterocycles. The van der Waals surface area contributed by atoms with Gasteiger partial charge in [-0.15, -0.1) is 41.3 Å². The summed E-state index contributed by atoms with van der Waals surface area (Å²) < 4.78 is 0. The van der Waals surface area contributed by atoms with Crippen molar-refractivity contribution in [1.82, 2.24) is 0 Å². The van der Waals surface area contributed by atoms with E-state index < -0.39 is 0 Å². The van der Waals surface area contributed by atoms with Crippen molar-refractivity contribution in [1.29, 1.82) is 0 Å². The molecule has 0 N–H and O–H groups in total. The van der Waals surface area contributed by atoms with Crippen LogP contribution < -0.4 is 18.9 Å². The van der Waals surface area contributed by atoms with Crippen LogP contribution in [-0.4, -0.2) is 0 Å². The van der Waals surface area contributed by atoms with Gasteiger partial charge in [-0.1, -0.05) is 77.4 Å². The van der Waals surface area contributed by atoms with Crippen LogP contribution in [0, 0.1) is 16.7 Å². The molecule has 118 valence electrons. The average Bonchev–Trinajstić information content (AvgIpc) is 2.44. The molecule has 0 amide bonds. The van der Waals surface area contributed by atoms with Gasteiger partial charge >= 0.3 is 18.9 Å². The molecule has 0 unspecified atom stereocenters. The van der Waals surface area contributed by atoms with Crippen LogP contribution in [0.5, 0.6) is 0 Å². The van der Waals surface area contributed by atoms with Crippen molar-refractivity contribution in [3.63, 3.8) is 0 Å². The van der Waals surface area contributed by atoms with Crippen molar-refractivity contribution in [3.05, 3.63) is 77.7 Å². The molecule has 0 bridgehead atoms. The molecule has 0 spiro atoms. The molecule has 0 aliphatic rings. The molecule has 2 aromatic carbocycles. The van der Waals surface area contributed by atoms with Crippen molar-refractivity contribution < 1.29 is 18.9 Å². The van der Waals surface area contributed by atoms with Crippen LogP contribution in [0.2, 0.25) is 0 Å². The summed E-state index contributed by atoms with van der Waals surface area (Å²) in [6.45, 7) is 11.8. The molecule has 0 nitrogen and oxygen atoms in total. The molecule has 0 aliphatic carbocycles. The smallest absolute Gasteiger partial charge is 0.120 e. The largest absolute Gasteiger partial charge is 1.00 e. The Morgan fingerprint density at radius 1 is 0.696 bits per heavy atom. The fourth-order valence-corrected chi connectivity index (χ4v) is 3.63. The maximum absolute atomic E-state index is 2.39. The van der Waals surface area contributed by atoms with Gasteiger partial charge in [-0.3, -0.25) is 0 Å². The SMILES string of the molecule is CC(C)(C)CC(C)(C)C[C-](c1ccccc1)c1ccccc1.[Li+]. The summed E-state index contributed by atoms with van der Waals surface area (Å²) in [6.07, 6.45) is 2.31. The van der Waals surface area contributed by atoms with E-state index >= 15 is 0 Å². The number of rotatable bonds is 5. The Morgan fingerprint density at radius 3 is 1.43 bits per heavy atom. The monoisotopic (exact) mass is 300 g/mol. The number of benzene rings is 2. The summed E-state index contributed by atoms with van der Waals surface area (Å²) in [5.41, 5.74) is 3.31. The minimum absolute atomic E-state index is 0. The van der Waals surface area contributed by atoms with Crippen molar-refractivity contribution in [3.8, 4) is 0 Å². The Balaban J connectivity index is 0.00000264. The first-order valence-electron chi connectivity index (χ1n) is 8.24. The predicted octanol–water partition coefficient (Wildman–Crippen LogP) is 3.51. The molecule has 0 heterocycles. The van der Waals surface area contributed by atoms with Gasteiger partial charge in [0.15, 0.2) is 0 Å². The molecule has 0 fully saturated rings. The van der Waals surface area contributed by atoms with E-state index in [0.717, 1.165) is 6.42 Å². The second kappa shape index (κ2) is 8.14. The predicted molar refractivity (Wildman–Crippen MR) is 96.8 cm³/mol. The van der Waals surface area contributed by atoms with Gasteiger partial charge in [-0.2, -0.15) is 0 Å². The molecule has 2 rings (SSSR count). The fraction of sp³-hybridized carbons (Fsp3) is 0.409. The van der Waals surface area contributed by atoms with Gasteiger partial charge in [0, 0.05) is 0 Å². The first kappa shape index (κ1) is 20.0. The van der Waals surface area contributed by atoms with Gasteiger partial charge in [-0.05, 0) is 17.3 Å². The topological polar surface area (TPSA) is 0 Å². The van der Waals surface area contributed by atoms with E-state index in [1.807, 2.05) is 0 Å². The maximum atomic E-state index is 2.39. The van der Waals surface area contributed by atoms with Crippen molar-refractivity contribution in [2.24, 2.45) is 10.8 Å². The third-order valence-electron chi connectivity index (χ3n) is 3.91. The Kier molecular flexibility index (Phi) is 7.06. The first-order valence-corrected chi connectivity index (χ1v) is 8.24. The van der Waals surface area contributed by atoms with Gasteiger partial charge in [0.2, 0.25) is 0 Å². The molecule has 2 aromatic rings. The van der Waals surface area contributed by atoms with Gasteiger partial charge in [-0.25, -0.2) is 0 Å². The molecule has 0 aliphatic heterocycles. The fourth-order valence-electron chi connectivity index (χ4n) is 3.63. The quantitative estimate of drug-likeness (QED) is 0.585. The Bertz CT molecular complexity index is 524. The number of hydrogen-bond acceptors (Lipinski definition) is 0. The van der Waals surface area contributed by atoms with Crippen LogP contribution in [0.1, 0.15) is 58.6 Å². The Labute approximate surface area is 154 Å². The summed E-state index contributed by atoms with van der Waals surface area (Å²) >= 11 is 0. The van der Waals surface area contributed by atoms with E-state index in [-0.39, 0.29) is 24.3 Å². The first-order chi connectivity index (χ1) is 10.3. The van der Waals surface area contributed by atoms with Crippen LogP contribution in [0.3, 0.4) is 0 Å². The molecule has 0 saturated carbocycles. The van der Waals surface area contributed by atoms with E-state index in [9.17, 15) is 0 Å². The molecular weight excluding hydrogens is 271 g/mol. The zero-order valence-electron chi connectivity index (χ0n) is 15.7. The van der Waals surface area contributed by atoms with Crippen LogP contribution in [0.25, 0.3) is 0 Å². The van der Waals surface area contributed by atoms with E-state index in [1.165, 1.54) is 23.5 Å². The Hall–Kier alpha value is -1.09. The van der Waals surface area contributed by atoms with E-state index in [1.54, 1.807) is 0 Å². The Morgan fingerprint density at radius 2 is 1.09 bits per heavy atom. The number of hydrogen-bond donors (Lipinski definition) is 0. The molecule has 0 saturated heterocycles. The molecule has 23 heavy (non-hydrogen) atoms.